The van der Waals surface area contributed by atoms with E-state index in [1.807, 2.05) is 0 Å². The normalized spacial score (nSPS) is 31.3. The van der Waals surface area contributed by atoms with E-state index >= 15 is 0 Å². The van der Waals surface area contributed by atoms with E-state index in [0.717, 1.165) is 31.3 Å². The molecular formula is C16H33NO. The Balaban J connectivity index is 2.74. The summed E-state index contributed by atoms with van der Waals surface area (Å²) >= 11 is 0. The highest BCUT2D eigenvalue weighted by Gasteiger charge is 2.40. The largest absolute Gasteiger partial charge is 0.374 e. The molecule has 0 saturated heterocycles. The third-order valence-electron chi connectivity index (χ3n) is 5.38. The van der Waals surface area contributed by atoms with Crippen LogP contribution in [0, 0.1) is 17.8 Å². The molecule has 0 amide bonds. The van der Waals surface area contributed by atoms with Crippen molar-refractivity contribution in [3.05, 3.63) is 0 Å². The Morgan fingerprint density at radius 3 is 2.17 bits per heavy atom. The molecule has 4 atom stereocenters. The first-order chi connectivity index (χ1) is 8.50. The van der Waals surface area contributed by atoms with Crippen LogP contribution >= 0.6 is 0 Å². The quantitative estimate of drug-likeness (QED) is 0.779. The summed E-state index contributed by atoms with van der Waals surface area (Å²) in [5, 5.41) is 0. The molecule has 0 aromatic rings. The van der Waals surface area contributed by atoms with Gasteiger partial charge in [-0.05, 0) is 50.4 Å². The average Bonchev–Trinajstić information content (AvgIpc) is 2.38. The van der Waals surface area contributed by atoms with Crippen molar-refractivity contribution in [2.45, 2.75) is 78.4 Å². The first kappa shape index (κ1) is 16.0. The minimum atomic E-state index is -0.0975. The molecule has 1 fully saturated rings. The van der Waals surface area contributed by atoms with Crippen molar-refractivity contribution in [1.82, 2.24) is 0 Å². The van der Waals surface area contributed by atoms with Gasteiger partial charge in [-0.1, -0.05) is 34.1 Å². The summed E-state index contributed by atoms with van der Waals surface area (Å²) in [6.07, 6.45) is 5.94. The van der Waals surface area contributed by atoms with E-state index in [-0.39, 0.29) is 11.6 Å². The minimum absolute atomic E-state index is 0.0975. The monoisotopic (exact) mass is 255 g/mol. The molecule has 1 aliphatic rings. The second-order valence-electron chi connectivity index (χ2n) is 6.26. The Morgan fingerprint density at radius 1 is 1.11 bits per heavy atom. The highest BCUT2D eigenvalue weighted by Crippen LogP contribution is 2.39. The van der Waals surface area contributed by atoms with Crippen LogP contribution in [-0.4, -0.2) is 18.2 Å². The van der Waals surface area contributed by atoms with E-state index in [1.165, 1.54) is 19.3 Å². The zero-order valence-electron chi connectivity index (χ0n) is 13.0. The summed E-state index contributed by atoms with van der Waals surface area (Å²) in [6.45, 7) is 12.0. The molecule has 0 heterocycles. The van der Waals surface area contributed by atoms with E-state index in [4.69, 9.17) is 10.5 Å². The van der Waals surface area contributed by atoms with Gasteiger partial charge in [-0.25, -0.2) is 0 Å². The Hall–Kier alpha value is -0.0800. The number of hydrogen-bond donors (Lipinski definition) is 1. The molecule has 0 aliphatic heterocycles. The van der Waals surface area contributed by atoms with Gasteiger partial charge >= 0.3 is 0 Å². The van der Waals surface area contributed by atoms with Crippen LogP contribution in [0.15, 0.2) is 0 Å². The number of hydrogen-bond acceptors (Lipinski definition) is 2. The third-order valence-corrected chi connectivity index (χ3v) is 5.38. The average molecular weight is 255 g/mol. The van der Waals surface area contributed by atoms with Crippen molar-refractivity contribution in [3.63, 3.8) is 0 Å². The lowest BCUT2D eigenvalue weighted by molar-refractivity contribution is -0.0821. The zero-order valence-corrected chi connectivity index (χ0v) is 13.0. The van der Waals surface area contributed by atoms with Crippen molar-refractivity contribution in [3.8, 4) is 0 Å². The van der Waals surface area contributed by atoms with Gasteiger partial charge in [0.25, 0.3) is 0 Å². The van der Waals surface area contributed by atoms with Crippen LogP contribution in [0.5, 0.6) is 0 Å². The molecule has 0 bridgehead atoms. The van der Waals surface area contributed by atoms with Crippen LogP contribution in [0.25, 0.3) is 0 Å². The summed E-state index contributed by atoms with van der Waals surface area (Å²) in [7, 11) is 0. The van der Waals surface area contributed by atoms with Gasteiger partial charge < -0.3 is 10.5 Å². The third kappa shape index (κ3) is 3.27. The summed E-state index contributed by atoms with van der Waals surface area (Å²) in [5.41, 5.74) is 6.52. The molecule has 4 unspecified atom stereocenters. The lowest BCUT2D eigenvalue weighted by Crippen LogP contribution is -2.54. The first-order valence-corrected chi connectivity index (χ1v) is 7.90. The molecule has 18 heavy (non-hydrogen) atoms. The SMILES string of the molecule is CCOC(CC)(CC)C(N)C1CCC(C)C(C)C1. The Labute approximate surface area is 114 Å². The van der Waals surface area contributed by atoms with Gasteiger partial charge in [0, 0.05) is 12.6 Å². The summed E-state index contributed by atoms with van der Waals surface area (Å²) in [6, 6.07) is 0.197. The molecule has 0 aromatic heterocycles. The highest BCUT2D eigenvalue weighted by atomic mass is 16.5. The number of ether oxygens (including phenoxy) is 1. The van der Waals surface area contributed by atoms with Crippen molar-refractivity contribution in [1.29, 1.82) is 0 Å². The van der Waals surface area contributed by atoms with Crippen LogP contribution in [0.4, 0.5) is 0 Å². The van der Waals surface area contributed by atoms with E-state index in [0.29, 0.717) is 5.92 Å². The molecule has 0 aromatic carbocycles. The minimum Gasteiger partial charge on any atom is -0.374 e. The lowest BCUT2D eigenvalue weighted by atomic mass is 9.69. The molecule has 0 spiro atoms. The Morgan fingerprint density at radius 2 is 1.72 bits per heavy atom. The first-order valence-electron chi connectivity index (χ1n) is 7.90. The maximum Gasteiger partial charge on any atom is 0.0829 e. The van der Waals surface area contributed by atoms with Gasteiger partial charge in [0.2, 0.25) is 0 Å². The summed E-state index contributed by atoms with van der Waals surface area (Å²) < 4.78 is 6.08. The Kier molecular flexibility index (Phi) is 6.13. The summed E-state index contributed by atoms with van der Waals surface area (Å²) in [4.78, 5) is 0. The molecule has 2 nitrogen and oxygen atoms in total. The fourth-order valence-corrected chi connectivity index (χ4v) is 3.65. The van der Waals surface area contributed by atoms with Gasteiger partial charge in [0.1, 0.15) is 0 Å². The van der Waals surface area contributed by atoms with Crippen molar-refractivity contribution in [2.24, 2.45) is 23.5 Å². The van der Waals surface area contributed by atoms with E-state index in [9.17, 15) is 0 Å². The molecule has 0 radical (unpaired) electrons. The van der Waals surface area contributed by atoms with Gasteiger partial charge in [-0.3, -0.25) is 0 Å². The lowest BCUT2D eigenvalue weighted by Gasteiger charge is -2.44. The second-order valence-corrected chi connectivity index (χ2v) is 6.26. The van der Waals surface area contributed by atoms with E-state index < -0.39 is 0 Å². The standard InChI is InChI=1S/C16H33NO/c1-6-16(7-2,18-8-3)15(17)14-10-9-12(4)13(5)11-14/h12-15H,6-11,17H2,1-5H3. The number of nitrogens with two attached hydrogens (primary N) is 1. The fraction of sp³-hybridized carbons (Fsp3) is 1.00. The fourth-order valence-electron chi connectivity index (χ4n) is 3.65. The molecule has 1 aliphatic carbocycles. The molecule has 108 valence electrons. The predicted octanol–water partition coefficient (Wildman–Crippen LogP) is 3.98. The smallest absolute Gasteiger partial charge is 0.0829 e. The summed E-state index contributed by atoms with van der Waals surface area (Å²) in [5.74, 6) is 2.31. The van der Waals surface area contributed by atoms with Crippen LogP contribution in [0.1, 0.15) is 66.7 Å². The molecule has 1 rings (SSSR count). The zero-order chi connectivity index (χ0) is 13.8. The molecule has 2 N–H and O–H groups in total. The number of rotatable bonds is 6. The van der Waals surface area contributed by atoms with E-state index in [2.05, 4.69) is 34.6 Å². The topological polar surface area (TPSA) is 35.2 Å². The second kappa shape index (κ2) is 6.91. The van der Waals surface area contributed by atoms with Gasteiger partial charge in [0.05, 0.1) is 5.60 Å². The van der Waals surface area contributed by atoms with Gasteiger partial charge in [0.15, 0.2) is 0 Å². The molecular weight excluding hydrogens is 222 g/mol. The van der Waals surface area contributed by atoms with Crippen LogP contribution in [-0.2, 0) is 4.74 Å². The Bertz CT molecular complexity index is 237. The molecule has 2 heteroatoms. The van der Waals surface area contributed by atoms with Crippen molar-refractivity contribution >= 4 is 0 Å². The van der Waals surface area contributed by atoms with Gasteiger partial charge in [-0.2, -0.15) is 0 Å². The maximum absolute atomic E-state index is 6.62. The van der Waals surface area contributed by atoms with E-state index in [1.54, 1.807) is 0 Å². The van der Waals surface area contributed by atoms with Crippen LogP contribution in [0.2, 0.25) is 0 Å². The van der Waals surface area contributed by atoms with Crippen LogP contribution < -0.4 is 5.73 Å². The maximum atomic E-state index is 6.62. The molecule has 1 saturated carbocycles. The van der Waals surface area contributed by atoms with Crippen molar-refractivity contribution in [2.75, 3.05) is 6.61 Å². The highest BCUT2D eigenvalue weighted by molar-refractivity contribution is 4.95. The van der Waals surface area contributed by atoms with Gasteiger partial charge in [-0.15, -0.1) is 0 Å². The van der Waals surface area contributed by atoms with Crippen molar-refractivity contribution < 1.29 is 4.74 Å². The predicted molar refractivity (Wildman–Crippen MR) is 78.6 cm³/mol. The van der Waals surface area contributed by atoms with Crippen LogP contribution in [0.3, 0.4) is 0 Å².